The summed E-state index contributed by atoms with van der Waals surface area (Å²) in [5.41, 5.74) is 8.12. The molecule has 1 heterocycles. The molecule has 7 nitrogen and oxygen atoms in total. The number of carbonyl (C=O) groups excluding carboxylic acids is 1. The number of methoxy groups -OCH3 is 1. The molecule has 1 saturated heterocycles. The molecular formula is C18H23Cl2N3O4. The summed E-state index contributed by atoms with van der Waals surface area (Å²) < 4.78 is 16.3. The Morgan fingerprint density at radius 2 is 1.93 bits per heavy atom. The summed E-state index contributed by atoms with van der Waals surface area (Å²) in [6.45, 7) is 1.44. The maximum absolute atomic E-state index is 11.7. The third-order valence-electron chi connectivity index (χ3n) is 5.54. The lowest BCUT2D eigenvalue weighted by atomic mass is 9.69. The van der Waals surface area contributed by atoms with Crippen LogP contribution in [0.1, 0.15) is 37.2 Å². The van der Waals surface area contributed by atoms with Crippen molar-refractivity contribution in [1.82, 2.24) is 5.32 Å². The molecule has 3 rings (SSSR count). The maximum Gasteiger partial charge on any atom is 0.406 e. The number of nitrogens with zero attached hydrogens (tertiary/aromatic N) is 1. The van der Waals surface area contributed by atoms with Crippen molar-refractivity contribution in [2.24, 2.45) is 5.11 Å². The van der Waals surface area contributed by atoms with Gasteiger partial charge in [0.1, 0.15) is 0 Å². The van der Waals surface area contributed by atoms with E-state index in [4.69, 9.17) is 42.9 Å². The molecule has 1 spiro atoms. The fraction of sp³-hybridized carbons (Fsp3) is 0.611. The minimum absolute atomic E-state index is 0.261. The van der Waals surface area contributed by atoms with Crippen molar-refractivity contribution >= 4 is 29.3 Å². The third-order valence-corrected chi connectivity index (χ3v) is 6.28. The molecule has 1 saturated carbocycles. The lowest BCUT2D eigenvalue weighted by Gasteiger charge is -2.44. The van der Waals surface area contributed by atoms with Gasteiger partial charge in [0.05, 0.1) is 35.9 Å². The molecule has 9 heteroatoms. The first-order valence-corrected chi connectivity index (χ1v) is 9.62. The number of hydrogen-bond donors (Lipinski definition) is 2. The van der Waals surface area contributed by atoms with E-state index in [2.05, 4.69) is 10.4 Å². The number of ether oxygens (including phenoxy) is 3. The van der Waals surface area contributed by atoms with Crippen LogP contribution >= 0.6 is 23.2 Å². The normalized spacial score (nSPS) is 21.6. The number of nitrogens with one attached hydrogen (secondary N) is 2. The zero-order chi connectivity index (χ0) is 19.5. The van der Waals surface area contributed by atoms with Crippen molar-refractivity contribution < 1.29 is 19.0 Å². The fourth-order valence-corrected chi connectivity index (χ4v) is 4.30. The first-order chi connectivity index (χ1) is 12.9. The van der Waals surface area contributed by atoms with Crippen LogP contribution in [0.3, 0.4) is 0 Å². The predicted octanol–water partition coefficient (Wildman–Crippen LogP) is 4.52. The van der Waals surface area contributed by atoms with Gasteiger partial charge in [0, 0.05) is 25.3 Å². The lowest BCUT2D eigenvalue weighted by molar-refractivity contribution is -0.185. The molecule has 1 aliphatic carbocycles. The van der Waals surface area contributed by atoms with Gasteiger partial charge in [-0.25, -0.2) is 10.3 Å². The first kappa shape index (κ1) is 20.3. The van der Waals surface area contributed by atoms with Crippen LogP contribution in [0.4, 0.5) is 4.79 Å². The third kappa shape index (κ3) is 4.21. The summed E-state index contributed by atoms with van der Waals surface area (Å²) in [6, 6.07) is 5.35. The topological polar surface area (TPSA) is 93.0 Å². The first-order valence-electron chi connectivity index (χ1n) is 8.87. The quantitative estimate of drug-likeness (QED) is 0.691. The summed E-state index contributed by atoms with van der Waals surface area (Å²) in [7, 11) is 1.31. The molecule has 148 valence electrons. The highest BCUT2D eigenvalue weighted by Gasteiger charge is 2.50. The Morgan fingerprint density at radius 3 is 2.48 bits per heavy atom. The van der Waals surface area contributed by atoms with Crippen molar-refractivity contribution in [2.45, 2.75) is 42.9 Å². The Bertz CT molecular complexity index is 700. The van der Waals surface area contributed by atoms with E-state index >= 15 is 0 Å². The highest BCUT2D eigenvalue weighted by molar-refractivity contribution is 6.42. The molecule has 1 aliphatic heterocycles. The summed E-state index contributed by atoms with van der Waals surface area (Å²) in [5, 5.41) is 7.65. The van der Waals surface area contributed by atoms with Crippen LogP contribution in [-0.4, -0.2) is 44.3 Å². The highest BCUT2D eigenvalue weighted by Crippen LogP contribution is 2.48. The molecule has 2 fully saturated rings. The van der Waals surface area contributed by atoms with Crippen LogP contribution in [0.25, 0.3) is 0 Å². The van der Waals surface area contributed by atoms with Gasteiger partial charge in [0.2, 0.25) is 0 Å². The van der Waals surface area contributed by atoms with E-state index in [0.717, 1.165) is 5.56 Å². The minimum atomic E-state index is -0.696. The largest absolute Gasteiger partial charge is 0.453 e. The molecule has 1 unspecified atom stereocenters. The van der Waals surface area contributed by atoms with Gasteiger partial charge in [0.25, 0.3) is 0 Å². The molecule has 1 atom stereocenters. The van der Waals surface area contributed by atoms with Gasteiger partial charge in [-0.1, -0.05) is 29.3 Å². The van der Waals surface area contributed by atoms with E-state index < -0.39 is 17.4 Å². The average Bonchev–Trinajstić information content (AvgIpc) is 3.14. The second-order valence-electron chi connectivity index (χ2n) is 6.92. The number of carbonyl (C=O) groups is 1. The molecule has 0 bridgehead atoms. The number of alkyl carbamates (subject to hydrolysis) is 1. The predicted molar refractivity (Wildman–Crippen MR) is 101 cm³/mol. The van der Waals surface area contributed by atoms with Gasteiger partial charge >= 0.3 is 6.09 Å². The Hall–Kier alpha value is -1.41. The van der Waals surface area contributed by atoms with E-state index in [1.807, 2.05) is 6.07 Å². The molecule has 2 N–H and O–H groups in total. The summed E-state index contributed by atoms with van der Waals surface area (Å²) >= 11 is 12.3. The minimum Gasteiger partial charge on any atom is -0.453 e. The molecule has 2 aliphatic rings. The Balaban J connectivity index is 1.88. The van der Waals surface area contributed by atoms with Crippen LogP contribution < -0.4 is 5.32 Å². The van der Waals surface area contributed by atoms with Crippen LogP contribution in [0.2, 0.25) is 10.0 Å². The molecule has 1 aromatic carbocycles. The number of halogens is 2. The van der Waals surface area contributed by atoms with Crippen LogP contribution in [-0.2, 0) is 14.2 Å². The number of rotatable bonds is 5. The summed E-state index contributed by atoms with van der Waals surface area (Å²) in [6.07, 6.45) is 1.96. The molecule has 27 heavy (non-hydrogen) atoms. The molecule has 0 aromatic heterocycles. The van der Waals surface area contributed by atoms with Gasteiger partial charge in [-0.3, -0.25) is 0 Å². The van der Waals surface area contributed by atoms with E-state index in [1.165, 1.54) is 7.11 Å². The molecular weight excluding hydrogens is 393 g/mol. The van der Waals surface area contributed by atoms with Crippen LogP contribution in [0.15, 0.2) is 23.3 Å². The number of amides is 1. The standard InChI is InChI=1S/C18H23Cl2N3O4/c1-25-16(24)22-11-13(12-2-3-14(19)15(20)10-12)17(23-21)4-6-18(7-5-17)26-8-9-27-18/h2-3,10,13,21H,4-9,11H2,1H3,(H,22,24). The summed E-state index contributed by atoms with van der Waals surface area (Å²) in [5.74, 6) is -0.825. The van der Waals surface area contributed by atoms with Crippen molar-refractivity contribution in [3.05, 3.63) is 33.8 Å². The zero-order valence-electron chi connectivity index (χ0n) is 15.1. The van der Waals surface area contributed by atoms with Gasteiger partial charge in [-0.05, 0) is 30.5 Å². The molecule has 1 aromatic rings. The van der Waals surface area contributed by atoms with Gasteiger partial charge < -0.3 is 19.5 Å². The lowest BCUT2D eigenvalue weighted by Crippen LogP contribution is -2.48. The highest BCUT2D eigenvalue weighted by atomic mass is 35.5. The van der Waals surface area contributed by atoms with E-state index in [-0.39, 0.29) is 12.5 Å². The van der Waals surface area contributed by atoms with Crippen molar-refractivity contribution in [2.75, 3.05) is 26.9 Å². The zero-order valence-corrected chi connectivity index (χ0v) is 16.6. The van der Waals surface area contributed by atoms with Crippen LogP contribution in [0, 0.1) is 5.53 Å². The van der Waals surface area contributed by atoms with Crippen molar-refractivity contribution in [1.29, 1.82) is 5.53 Å². The fourth-order valence-electron chi connectivity index (χ4n) is 3.99. The average molecular weight is 416 g/mol. The Kier molecular flexibility index (Phi) is 6.25. The maximum atomic E-state index is 11.7. The smallest absolute Gasteiger partial charge is 0.406 e. The van der Waals surface area contributed by atoms with Gasteiger partial charge in [-0.15, -0.1) is 0 Å². The van der Waals surface area contributed by atoms with Crippen molar-refractivity contribution in [3.63, 3.8) is 0 Å². The second kappa shape index (κ2) is 8.31. The number of benzene rings is 1. The monoisotopic (exact) mass is 415 g/mol. The van der Waals surface area contributed by atoms with Gasteiger partial charge in [-0.2, -0.15) is 5.11 Å². The summed E-state index contributed by atoms with van der Waals surface area (Å²) in [4.78, 5) is 11.7. The van der Waals surface area contributed by atoms with E-state index in [1.54, 1.807) is 12.1 Å². The Morgan fingerprint density at radius 1 is 1.26 bits per heavy atom. The Labute approximate surface area is 168 Å². The van der Waals surface area contributed by atoms with E-state index in [0.29, 0.717) is 48.9 Å². The van der Waals surface area contributed by atoms with Gasteiger partial charge in [0.15, 0.2) is 5.79 Å². The molecule has 0 radical (unpaired) electrons. The SMILES string of the molecule is COC(=O)NCC(c1ccc(Cl)c(Cl)c1)C1(N=N)CCC2(CC1)OCCO2. The number of hydrogen-bond acceptors (Lipinski definition) is 6. The second-order valence-corrected chi connectivity index (χ2v) is 7.74. The van der Waals surface area contributed by atoms with E-state index in [9.17, 15) is 4.79 Å². The van der Waals surface area contributed by atoms with Crippen molar-refractivity contribution in [3.8, 4) is 0 Å². The van der Waals surface area contributed by atoms with Crippen LogP contribution in [0.5, 0.6) is 0 Å². The molecule has 1 amide bonds.